The van der Waals surface area contributed by atoms with Gasteiger partial charge in [0.25, 0.3) is 0 Å². The molecule has 32 heavy (non-hydrogen) atoms. The summed E-state index contributed by atoms with van der Waals surface area (Å²) < 4.78 is 5.67. The first-order valence-electron chi connectivity index (χ1n) is 11.7. The zero-order chi connectivity index (χ0) is 23.3. The summed E-state index contributed by atoms with van der Waals surface area (Å²) in [5.41, 5.74) is 0.933. The number of aryl methyl sites for hydroxylation is 1. The standard InChI is InChI=1S/C25H37N3O4/c1-18-7-9-21(10-8-18)32-15-5-6-22(29)26-20-11-13-27(14-12-20)24(31)19-16-23(30)28(17-19)25(2,3)4/h7-10,19-20H,5-6,11-17H2,1-4H3,(H,26,29). The lowest BCUT2D eigenvalue weighted by Crippen LogP contribution is -2.48. The van der Waals surface area contributed by atoms with E-state index in [9.17, 15) is 14.4 Å². The second-order valence-corrected chi connectivity index (χ2v) is 10.0. The van der Waals surface area contributed by atoms with E-state index < -0.39 is 0 Å². The van der Waals surface area contributed by atoms with Gasteiger partial charge in [0.05, 0.1) is 12.5 Å². The molecule has 2 aliphatic rings. The van der Waals surface area contributed by atoms with Crippen molar-refractivity contribution in [2.45, 2.75) is 71.4 Å². The molecular weight excluding hydrogens is 406 g/mol. The van der Waals surface area contributed by atoms with Crippen LogP contribution >= 0.6 is 0 Å². The molecular formula is C25H37N3O4. The van der Waals surface area contributed by atoms with Crippen molar-refractivity contribution >= 4 is 17.7 Å². The number of rotatable bonds is 7. The highest BCUT2D eigenvalue weighted by atomic mass is 16.5. The third kappa shape index (κ3) is 6.47. The number of carbonyl (C=O) groups is 3. The number of piperidine rings is 1. The lowest BCUT2D eigenvalue weighted by molar-refractivity contribution is -0.137. The maximum absolute atomic E-state index is 12.9. The Kier molecular flexibility index (Phi) is 7.80. The van der Waals surface area contributed by atoms with Crippen LogP contribution in [0.5, 0.6) is 5.75 Å². The number of amides is 3. The van der Waals surface area contributed by atoms with Crippen LogP contribution in [0.4, 0.5) is 0 Å². The molecule has 0 bridgehead atoms. The summed E-state index contributed by atoms with van der Waals surface area (Å²) in [5.74, 6) is 0.737. The molecule has 1 unspecified atom stereocenters. The summed E-state index contributed by atoms with van der Waals surface area (Å²) in [6, 6.07) is 7.98. The van der Waals surface area contributed by atoms with Crippen molar-refractivity contribution in [3.8, 4) is 5.75 Å². The molecule has 1 aromatic carbocycles. The van der Waals surface area contributed by atoms with E-state index in [2.05, 4.69) is 5.32 Å². The van der Waals surface area contributed by atoms with Gasteiger partial charge in [0, 0.05) is 44.1 Å². The summed E-state index contributed by atoms with van der Waals surface area (Å²) in [6.45, 7) is 10.3. The molecule has 0 saturated carbocycles. The Morgan fingerprint density at radius 2 is 1.78 bits per heavy atom. The third-order valence-electron chi connectivity index (χ3n) is 6.29. The molecule has 7 heteroatoms. The van der Waals surface area contributed by atoms with Crippen LogP contribution in [0.3, 0.4) is 0 Å². The molecule has 0 aromatic heterocycles. The van der Waals surface area contributed by atoms with Gasteiger partial charge in [0.1, 0.15) is 5.75 Å². The highest BCUT2D eigenvalue weighted by molar-refractivity contribution is 5.89. The minimum absolute atomic E-state index is 0.0319. The number of nitrogens with zero attached hydrogens (tertiary/aromatic N) is 2. The summed E-state index contributed by atoms with van der Waals surface area (Å²) in [6.07, 6.45) is 2.90. The van der Waals surface area contributed by atoms with Crippen LogP contribution in [0, 0.1) is 12.8 Å². The third-order valence-corrected chi connectivity index (χ3v) is 6.29. The minimum atomic E-state index is -0.255. The number of ether oxygens (including phenoxy) is 1. The molecule has 0 spiro atoms. The fourth-order valence-electron chi connectivity index (χ4n) is 4.38. The summed E-state index contributed by atoms with van der Waals surface area (Å²) in [7, 11) is 0. The SMILES string of the molecule is Cc1ccc(OCCCC(=O)NC2CCN(C(=O)C3CC(=O)N(C(C)(C)C)C3)CC2)cc1. The number of benzene rings is 1. The van der Waals surface area contributed by atoms with Crippen LogP contribution in [0.2, 0.25) is 0 Å². The van der Waals surface area contributed by atoms with Crippen LogP contribution in [0.15, 0.2) is 24.3 Å². The number of carbonyl (C=O) groups excluding carboxylic acids is 3. The molecule has 2 saturated heterocycles. The second-order valence-electron chi connectivity index (χ2n) is 10.0. The Bertz CT molecular complexity index is 807. The Labute approximate surface area is 191 Å². The predicted molar refractivity (Wildman–Crippen MR) is 123 cm³/mol. The van der Waals surface area contributed by atoms with E-state index in [1.807, 2.05) is 61.8 Å². The van der Waals surface area contributed by atoms with Gasteiger partial charge in [0.2, 0.25) is 17.7 Å². The Balaban J connectivity index is 1.34. The highest BCUT2D eigenvalue weighted by Gasteiger charge is 2.41. The minimum Gasteiger partial charge on any atom is -0.494 e. The van der Waals surface area contributed by atoms with Crippen molar-refractivity contribution < 1.29 is 19.1 Å². The van der Waals surface area contributed by atoms with Gasteiger partial charge in [-0.05, 0) is 59.1 Å². The molecule has 2 heterocycles. The summed E-state index contributed by atoms with van der Waals surface area (Å²) >= 11 is 0. The second kappa shape index (κ2) is 10.4. The van der Waals surface area contributed by atoms with Gasteiger partial charge < -0.3 is 19.9 Å². The van der Waals surface area contributed by atoms with Gasteiger partial charge in [-0.25, -0.2) is 0 Å². The van der Waals surface area contributed by atoms with Crippen LogP contribution in [-0.2, 0) is 14.4 Å². The molecule has 2 fully saturated rings. The Morgan fingerprint density at radius 3 is 2.38 bits per heavy atom. The fourth-order valence-corrected chi connectivity index (χ4v) is 4.38. The Hall–Kier alpha value is -2.57. The first-order chi connectivity index (χ1) is 15.1. The van der Waals surface area contributed by atoms with Crippen molar-refractivity contribution in [3.05, 3.63) is 29.8 Å². The van der Waals surface area contributed by atoms with Crippen molar-refractivity contribution in [1.29, 1.82) is 0 Å². The van der Waals surface area contributed by atoms with Crippen molar-refractivity contribution in [3.63, 3.8) is 0 Å². The molecule has 7 nitrogen and oxygen atoms in total. The predicted octanol–water partition coefficient (Wildman–Crippen LogP) is 2.91. The van der Waals surface area contributed by atoms with Crippen LogP contribution in [0.25, 0.3) is 0 Å². The molecule has 0 radical (unpaired) electrons. The van der Waals surface area contributed by atoms with Gasteiger partial charge in [-0.3, -0.25) is 14.4 Å². The van der Waals surface area contributed by atoms with E-state index in [1.165, 1.54) is 5.56 Å². The van der Waals surface area contributed by atoms with E-state index in [0.29, 0.717) is 45.5 Å². The number of hydrogen-bond donors (Lipinski definition) is 1. The van der Waals surface area contributed by atoms with Crippen molar-refractivity contribution in [2.24, 2.45) is 5.92 Å². The molecule has 1 N–H and O–H groups in total. The van der Waals surface area contributed by atoms with Crippen LogP contribution in [-0.4, -0.2) is 65.3 Å². The topological polar surface area (TPSA) is 79.0 Å². The normalized spacial score (nSPS) is 19.9. The molecule has 176 valence electrons. The van der Waals surface area contributed by atoms with Gasteiger partial charge in [-0.2, -0.15) is 0 Å². The average Bonchev–Trinajstić information content (AvgIpc) is 3.15. The quantitative estimate of drug-likeness (QED) is 0.657. The summed E-state index contributed by atoms with van der Waals surface area (Å²) in [5, 5.41) is 3.09. The van der Waals surface area contributed by atoms with E-state index >= 15 is 0 Å². The van der Waals surface area contributed by atoms with Crippen molar-refractivity contribution in [1.82, 2.24) is 15.1 Å². The number of hydrogen-bond acceptors (Lipinski definition) is 4. The first-order valence-corrected chi connectivity index (χ1v) is 11.7. The lowest BCUT2D eigenvalue weighted by Gasteiger charge is -2.35. The first kappa shape index (κ1) is 24.1. The highest BCUT2D eigenvalue weighted by Crippen LogP contribution is 2.28. The maximum atomic E-state index is 12.9. The fraction of sp³-hybridized carbons (Fsp3) is 0.640. The average molecular weight is 444 g/mol. The molecule has 2 aliphatic heterocycles. The van der Waals surface area contributed by atoms with E-state index in [4.69, 9.17) is 4.74 Å². The molecule has 0 aliphatic carbocycles. The monoisotopic (exact) mass is 443 g/mol. The van der Waals surface area contributed by atoms with E-state index in [-0.39, 0.29) is 35.2 Å². The number of nitrogens with one attached hydrogen (secondary N) is 1. The zero-order valence-electron chi connectivity index (χ0n) is 19.9. The number of likely N-dealkylation sites (tertiary alicyclic amines) is 2. The molecule has 3 amide bonds. The zero-order valence-corrected chi connectivity index (χ0v) is 19.9. The van der Waals surface area contributed by atoms with Crippen LogP contribution < -0.4 is 10.1 Å². The smallest absolute Gasteiger partial charge is 0.227 e. The lowest BCUT2D eigenvalue weighted by atomic mass is 10.0. The largest absolute Gasteiger partial charge is 0.494 e. The van der Waals surface area contributed by atoms with Gasteiger partial charge in [-0.1, -0.05) is 17.7 Å². The Morgan fingerprint density at radius 1 is 1.12 bits per heavy atom. The molecule has 3 rings (SSSR count). The van der Waals surface area contributed by atoms with Gasteiger partial charge >= 0.3 is 0 Å². The van der Waals surface area contributed by atoms with Gasteiger partial charge in [-0.15, -0.1) is 0 Å². The van der Waals surface area contributed by atoms with E-state index in [0.717, 1.165) is 18.6 Å². The van der Waals surface area contributed by atoms with Gasteiger partial charge in [0.15, 0.2) is 0 Å². The molecule has 1 atom stereocenters. The van der Waals surface area contributed by atoms with E-state index in [1.54, 1.807) is 0 Å². The van der Waals surface area contributed by atoms with Crippen LogP contribution in [0.1, 0.15) is 58.4 Å². The summed E-state index contributed by atoms with van der Waals surface area (Å²) in [4.78, 5) is 41.1. The molecule has 1 aromatic rings. The van der Waals surface area contributed by atoms with Crippen molar-refractivity contribution in [2.75, 3.05) is 26.2 Å². The maximum Gasteiger partial charge on any atom is 0.227 e.